The predicted molar refractivity (Wildman–Crippen MR) is 68.3 cm³/mol. The SMILES string of the molecule is Cc1cccc(N2CC[C@@H]3OCCC[C@@H]3C2)n1. The molecular formula is C14H20N2O. The number of aryl methyl sites for hydroxylation is 1. The first kappa shape index (κ1) is 11.0. The maximum absolute atomic E-state index is 5.84. The van der Waals surface area contributed by atoms with Crippen molar-refractivity contribution in [1.29, 1.82) is 0 Å². The first-order valence-corrected chi connectivity index (χ1v) is 6.63. The zero-order valence-corrected chi connectivity index (χ0v) is 10.4. The molecule has 0 spiro atoms. The van der Waals surface area contributed by atoms with Crippen LogP contribution in [0, 0.1) is 12.8 Å². The molecule has 1 aromatic heterocycles. The highest BCUT2D eigenvalue weighted by Crippen LogP contribution is 2.30. The van der Waals surface area contributed by atoms with Gasteiger partial charge < -0.3 is 9.64 Å². The summed E-state index contributed by atoms with van der Waals surface area (Å²) in [6.45, 7) is 5.21. The molecule has 0 aliphatic carbocycles. The summed E-state index contributed by atoms with van der Waals surface area (Å²) in [5.41, 5.74) is 1.10. The number of rotatable bonds is 1. The van der Waals surface area contributed by atoms with Gasteiger partial charge in [-0.15, -0.1) is 0 Å². The van der Waals surface area contributed by atoms with Gasteiger partial charge in [0.25, 0.3) is 0 Å². The van der Waals surface area contributed by atoms with E-state index in [1.54, 1.807) is 0 Å². The lowest BCUT2D eigenvalue weighted by molar-refractivity contribution is -0.0358. The van der Waals surface area contributed by atoms with Crippen LogP contribution in [0.3, 0.4) is 0 Å². The third kappa shape index (κ3) is 2.29. The summed E-state index contributed by atoms with van der Waals surface area (Å²) in [6, 6.07) is 6.28. The van der Waals surface area contributed by atoms with E-state index in [-0.39, 0.29) is 0 Å². The van der Waals surface area contributed by atoms with Gasteiger partial charge >= 0.3 is 0 Å². The summed E-state index contributed by atoms with van der Waals surface area (Å²) in [5, 5.41) is 0. The number of aromatic nitrogens is 1. The van der Waals surface area contributed by atoms with Crippen molar-refractivity contribution in [2.45, 2.75) is 32.3 Å². The van der Waals surface area contributed by atoms with Gasteiger partial charge in [-0.25, -0.2) is 4.98 Å². The van der Waals surface area contributed by atoms with Crippen molar-refractivity contribution in [2.24, 2.45) is 5.92 Å². The third-order valence-corrected chi connectivity index (χ3v) is 3.91. The minimum Gasteiger partial charge on any atom is -0.378 e. The topological polar surface area (TPSA) is 25.4 Å². The second-order valence-electron chi connectivity index (χ2n) is 5.18. The fourth-order valence-electron chi connectivity index (χ4n) is 3.00. The summed E-state index contributed by atoms with van der Waals surface area (Å²) in [5.74, 6) is 1.84. The van der Waals surface area contributed by atoms with E-state index in [4.69, 9.17) is 4.74 Å². The van der Waals surface area contributed by atoms with Crippen molar-refractivity contribution in [3.05, 3.63) is 23.9 Å². The molecule has 0 unspecified atom stereocenters. The van der Waals surface area contributed by atoms with Gasteiger partial charge in [0.2, 0.25) is 0 Å². The van der Waals surface area contributed by atoms with E-state index in [9.17, 15) is 0 Å². The van der Waals surface area contributed by atoms with Crippen molar-refractivity contribution in [1.82, 2.24) is 4.98 Å². The van der Waals surface area contributed by atoms with Crippen LogP contribution in [-0.4, -0.2) is 30.8 Å². The van der Waals surface area contributed by atoms with Gasteiger partial charge in [-0.05, 0) is 38.3 Å². The van der Waals surface area contributed by atoms with Gasteiger partial charge in [0.05, 0.1) is 6.10 Å². The van der Waals surface area contributed by atoms with Crippen molar-refractivity contribution < 1.29 is 4.74 Å². The van der Waals surface area contributed by atoms with Gasteiger partial charge in [0.15, 0.2) is 0 Å². The minimum absolute atomic E-state index is 0.504. The third-order valence-electron chi connectivity index (χ3n) is 3.91. The maximum Gasteiger partial charge on any atom is 0.128 e. The van der Waals surface area contributed by atoms with Crippen LogP contribution in [0.25, 0.3) is 0 Å². The van der Waals surface area contributed by atoms with Gasteiger partial charge in [-0.2, -0.15) is 0 Å². The van der Waals surface area contributed by atoms with Crippen LogP contribution in [0.5, 0.6) is 0 Å². The average molecular weight is 232 g/mol. The van der Waals surface area contributed by atoms with Crippen molar-refractivity contribution in [3.8, 4) is 0 Å². The van der Waals surface area contributed by atoms with Crippen molar-refractivity contribution in [3.63, 3.8) is 0 Å². The number of hydrogen-bond acceptors (Lipinski definition) is 3. The lowest BCUT2D eigenvalue weighted by atomic mass is 9.88. The Morgan fingerprint density at radius 1 is 1.35 bits per heavy atom. The Morgan fingerprint density at radius 2 is 2.29 bits per heavy atom. The van der Waals surface area contributed by atoms with Crippen LogP contribution < -0.4 is 4.90 Å². The highest BCUT2D eigenvalue weighted by molar-refractivity contribution is 5.39. The molecule has 3 nitrogen and oxygen atoms in total. The first-order valence-electron chi connectivity index (χ1n) is 6.63. The Bertz CT molecular complexity index is 394. The van der Waals surface area contributed by atoms with E-state index < -0.39 is 0 Å². The van der Waals surface area contributed by atoms with Crippen molar-refractivity contribution in [2.75, 3.05) is 24.6 Å². The number of piperidine rings is 1. The molecule has 0 N–H and O–H groups in total. The summed E-state index contributed by atoms with van der Waals surface area (Å²) < 4.78 is 5.84. The Labute approximate surface area is 103 Å². The van der Waals surface area contributed by atoms with Crippen LogP contribution in [0.1, 0.15) is 25.0 Å². The Morgan fingerprint density at radius 3 is 3.18 bits per heavy atom. The molecule has 0 aromatic carbocycles. The monoisotopic (exact) mass is 232 g/mol. The zero-order valence-electron chi connectivity index (χ0n) is 10.4. The molecule has 3 heterocycles. The normalized spacial score (nSPS) is 28.9. The molecule has 2 saturated heterocycles. The molecule has 0 bridgehead atoms. The Hall–Kier alpha value is -1.09. The van der Waals surface area contributed by atoms with E-state index >= 15 is 0 Å². The van der Waals surface area contributed by atoms with E-state index in [2.05, 4.69) is 35.0 Å². The fourth-order valence-corrected chi connectivity index (χ4v) is 3.00. The van der Waals surface area contributed by atoms with Crippen LogP contribution in [0.2, 0.25) is 0 Å². The molecule has 0 amide bonds. The van der Waals surface area contributed by atoms with E-state index in [0.717, 1.165) is 37.6 Å². The summed E-state index contributed by atoms with van der Waals surface area (Å²) >= 11 is 0. The van der Waals surface area contributed by atoms with E-state index in [1.165, 1.54) is 12.8 Å². The molecule has 1 aromatic rings. The molecule has 2 aliphatic heterocycles. The van der Waals surface area contributed by atoms with E-state index in [1.807, 2.05) is 0 Å². The zero-order chi connectivity index (χ0) is 11.7. The molecule has 3 rings (SSSR count). The van der Waals surface area contributed by atoms with Crippen LogP contribution >= 0.6 is 0 Å². The standard InChI is InChI=1S/C14H20N2O/c1-11-4-2-6-14(15-11)16-8-7-13-12(10-16)5-3-9-17-13/h2,4,6,12-13H,3,5,7-10H2,1H3/t12-,13+/m1/s1. The Kier molecular flexibility index (Phi) is 3.02. The first-order chi connectivity index (χ1) is 8.33. The number of ether oxygens (including phenoxy) is 1. The number of fused-ring (bicyclic) bond motifs is 1. The maximum atomic E-state index is 5.84. The lowest BCUT2D eigenvalue weighted by Crippen LogP contribution is -2.46. The highest BCUT2D eigenvalue weighted by atomic mass is 16.5. The fraction of sp³-hybridized carbons (Fsp3) is 0.643. The lowest BCUT2D eigenvalue weighted by Gasteiger charge is -2.41. The van der Waals surface area contributed by atoms with Crippen LogP contribution in [0.15, 0.2) is 18.2 Å². The molecule has 92 valence electrons. The summed E-state index contributed by atoms with van der Waals surface area (Å²) in [7, 11) is 0. The minimum atomic E-state index is 0.504. The van der Waals surface area contributed by atoms with Crippen molar-refractivity contribution >= 4 is 5.82 Å². The molecule has 2 atom stereocenters. The molecule has 3 heteroatoms. The molecule has 2 aliphatic rings. The second-order valence-corrected chi connectivity index (χ2v) is 5.18. The molecule has 2 fully saturated rings. The molecule has 17 heavy (non-hydrogen) atoms. The van der Waals surface area contributed by atoms with Gasteiger partial charge in [-0.1, -0.05) is 6.07 Å². The highest BCUT2D eigenvalue weighted by Gasteiger charge is 2.32. The average Bonchev–Trinajstić information content (AvgIpc) is 2.38. The number of pyridine rings is 1. The largest absolute Gasteiger partial charge is 0.378 e. The Balaban J connectivity index is 1.73. The number of nitrogens with zero attached hydrogens (tertiary/aromatic N) is 2. The molecular weight excluding hydrogens is 212 g/mol. The van der Waals surface area contributed by atoms with Gasteiger partial charge in [0, 0.05) is 31.3 Å². The van der Waals surface area contributed by atoms with E-state index in [0.29, 0.717) is 12.0 Å². The van der Waals surface area contributed by atoms with Gasteiger partial charge in [0.1, 0.15) is 5.82 Å². The van der Waals surface area contributed by atoms with Crippen LogP contribution in [-0.2, 0) is 4.74 Å². The predicted octanol–water partition coefficient (Wildman–Crippen LogP) is 2.40. The molecule has 0 radical (unpaired) electrons. The summed E-state index contributed by atoms with van der Waals surface area (Å²) in [4.78, 5) is 7.04. The smallest absolute Gasteiger partial charge is 0.128 e. The van der Waals surface area contributed by atoms with Crippen LogP contribution in [0.4, 0.5) is 5.82 Å². The second kappa shape index (κ2) is 4.65. The number of anilines is 1. The quantitative estimate of drug-likeness (QED) is 0.743. The number of hydrogen-bond donors (Lipinski definition) is 0. The summed E-state index contributed by atoms with van der Waals surface area (Å²) in [6.07, 6.45) is 4.19. The van der Waals surface area contributed by atoms with Gasteiger partial charge in [-0.3, -0.25) is 0 Å². The molecule has 0 saturated carbocycles.